The van der Waals surface area contributed by atoms with E-state index in [1.165, 1.54) is 0 Å². The average molecular weight is 437 g/mol. The Morgan fingerprint density at radius 1 is 1.22 bits per heavy atom. The van der Waals surface area contributed by atoms with Crippen LogP contribution in [0.1, 0.15) is 72.6 Å². The number of H-pyrrole nitrogens is 1. The molecular formula is C25H29FN4O2. The van der Waals surface area contributed by atoms with Gasteiger partial charge in [0.2, 0.25) is 0 Å². The van der Waals surface area contributed by atoms with E-state index in [9.17, 15) is 4.79 Å². The van der Waals surface area contributed by atoms with Crippen LogP contribution in [-0.2, 0) is 25.7 Å². The molecule has 7 heteroatoms. The summed E-state index contributed by atoms with van der Waals surface area (Å²) in [7, 11) is 0. The van der Waals surface area contributed by atoms with Crippen molar-refractivity contribution in [2.45, 2.75) is 66.7 Å². The lowest BCUT2D eigenvalue weighted by atomic mass is 9.86. The first-order valence-corrected chi connectivity index (χ1v) is 11.3. The molecule has 3 aromatic heterocycles. The van der Waals surface area contributed by atoms with Crippen LogP contribution in [-0.4, -0.2) is 25.7 Å². The summed E-state index contributed by atoms with van der Waals surface area (Å²) in [6.45, 7) is 9.76. The second kappa shape index (κ2) is 8.81. The molecule has 0 amide bonds. The lowest BCUT2D eigenvalue weighted by Gasteiger charge is -2.19. The molecule has 1 aliphatic carbocycles. The molecule has 0 aliphatic heterocycles. The Labute approximate surface area is 187 Å². The molecule has 0 aromatic carbocycles. The molecule has 0 fully saturated rings. The molecule has 0 spiro atoms. The van der Waals surface area contributed by atoms with Crippen LogP contribution in [0, 0.1) is 18.7 Å². The fraction of sp³-hybridized carbons (Fsp3) is 0.440. The maximum Gasteiger partial charge on any atom is 0.323 e. The number of halogens is 1. The lowest BCUT2D eigenvalue weighted by Crippen LogP contribution is -2.14. The number of Topliss-reactive ketones (excluding diaryl/α,β-unsaturated/α-hetero) is 1. The van der Waals surface area contributed by atoms with Gasteiger partial charge in [0.25, 0.3) is 5.88 Å². The van der Waals surface area contributed by atoms with E-state index >= 15 is 4.39 Å². The molecule has 32 heavy (non-hydrogen) atoms. The van der Waals surface area contributed by atoms with Gasteiger partial charge in [-0.15, -0.1) is 0 Å². The number of aromatic nitrogens is 4. The highest BCUT2D eigenvalue weighted by Crippen LogP contribution is 2.41. The maximum atomic E-state index is 15.7. The Morgan fingerprint density at radius 3 is 2.66 bits per heavy atom. The predicted octanol–water partition coefficient (Wildman–Crippen LogP) is 5.56. The summed E-state index contributed by atoms with van der Waals surface area (Å²) >= 11 is 0. The number of carbonyl (C=O) groups is 1. The average Bonchev–Trinajstić information content (AvgIpc) is 3.13. The van der Waals surface area contributed by atoms with Crippen LogP contribution in [0.2, 0.25) is 0 Å². The molecule has 0 saturated carbocycles. The van der Waals surface area contributed by atoms with Crippen LogP contribution in [0.3, 0.4) is 0 Å². The zero-order valence-corrected chi connectivity index (χ0v) is 19.3. The fourth-order valence-electron chi connectivity index (χ4n) is 4.33. The maximum absolute atomic E-state index is 15.7. The van der Waals surface area contributed by atoms with Crippen molar-refractivity contribution in [1.82, 2.24) is 19.9 Å². The molecule has 0 saturated heterocycles. The van der Waals surface area contributed by atoms with Gasteiger partial charge < -0.3 is 9.72 Å². The van der Waals surface area contributed by atoms with Crippen LogP contribution in [0.5, 0.6) is 11.9 Å². The molecular weight excluding hydrogens is 407 g/mol. The fourth-order valence-corrected chi connectivity index (χ4v) is 4.33. The van der Waals surface area contributed by atoms with Crippen molar-refractivity contribution in [3.8, 4) is 23.1 Å². The van der Waals surface area contributed by atoms with Crippen LogP contribution < -0.4 is 4.74 Å². The van der Waals surface area contributed by atoms with E-state index in [4.69, 9.17) is 4.74 Å². The topological polar surface area (TPSA) is 80.8 Å². The molecule has 3 aromatic rings. The zero-order valence-electron chi connectivity index (χ0n) is 19.3. The number of hydrogen-bond acceptors (Lipinski definition) is 5. The van der Waals surface area contributed by atoms with Crippen molar-refractivity contribution >= 4 is 5.78 Å². The Balaban J connectivity index is 1.79. The Hall–Kier alpha value is -3.09. The van der Waals surface area contributed by atoms with Gasteiger partial charge in [0.1, 0.15) is 0 Å². The highest BCUT2D eigenvalue weighted by Gasteiger charge is 2.31. The number of ether oxygens (including phenoxy) is 1. The van der Waals surface area contributed by atoms with Gasteiger partial charge in [-0.05, 0) is 49.3 Å². The van der Waals surface area contributed by atoms with Gasteiger partial charge in [-0.2, -0.15) is 4.98 Å². The number of nitrogens with zero attached hydrogens (tertiary/aromatic N) is 3. The highest BCUT2D eigenvalue weighted by molar-refractivity contribution is 6.02. The van der Waals surface area contributed by atoms with E-state index in [1.54, 1.807) is 12.4 Å². The molecule has 0 atom stereocenters. The summed E-state index contributed by atoms with van der Waals surface area (Å²) in [5.74, 6) is -0.750. The van der Waals surface area contributed by atoms with Crippen LogP contribution >= 0.6 is 0 Å². The van der Waals surface area contributed by atoms with Gasteiger partial charge >= 0.3 is 6.01 Å². The van der Waals surface area contributed by atoms with Crippen molar-refractivity contribution in [3.63, 3.8) is 0 Å². The van der Waals surface area contributed by atoms with Crippen molar-refractivity contribution in [1.29, 1.82) is 0 Å². The summed E-state index contributed by atoms with van der Waals surface area (Å²) in [6.07, 6.45) is 7.08. The summed E-state index contributed by atoms with van der Waals surface area (Å²) in [6, 6.07) is 0.0657. The lowest BCUT2D eigenvalue weighted by molar-refractivity contribution is 0.0937. The normalized spacial score (nSPS) is 12.6. The highest BCUT2D eigenvalue weighted by atomic mass is 19.1. The molecule has 3 heterocycles. The van der Waals surface area contributed by atoms with Crippen LogP contribution in [0.15, 0.2) is 12.4 Å². The van der Waals surface area contributed by atoms with Crippen molar-refractivity contribution in [3.05, 3.63) is 51.9 Å². The van der Waals surface area contributed by atoms with Crippen molar-refractivity contribution in [2.24, 2.45) is 5.92 Å². The summed E-state index contributed by atoms with van der Waals surface area (Å²) in [4.78, 5) is 29.1. The quantitative estimate of drug-likeness (QED) is 0.491. The smallest absolute Gasteiger partial charge is 0.323 e. The largest absolute Gasteiger partial charge is 0.402 e. The molecule has 0 radical (unpaired) electrons. The molecule has 1 aliphatic rings. The minimum absolute atomic E-state index is 0.0657. The number of hydrogen-bond donors (Lipinski definition) is 1. The van der Waals surface area contributed by atoms with E-state index in [0.29, 0.717) is 24.1 Å². The van der Waals surface area contributed by atoms with Crippen molar-refractivity contribution < 1.29 is 13.9 Å². The molecule has 4 rings (SSSR count). The summed E-state index contributed by atoms with van der Waals surface area (Å²) in [5.41, 5.74) is 6.22. The summed E-state index contributed by atoms with van der Waals surface area (Å²) < 4.78 is 21.4. The first kappa shape index (κ1) is 22.1. The first-order valence-electron chi connectivity index (χ1n) is 11.3. The van der Waals surface area contributed by atoms with Gasteiger partial charge in [0, 0.05) is 40.8 Å². The molecule has 1 N–H and O–H groups in total. The Morgan fingerprint density at radius 2 is 2.00 bits per heavy atom. The Kier molecular flexibility index (Phi) is 6.09. The van der Waals surface area contributed by atoms with Gasteiger partial charge in [-0.1, -0.05) is 34.1 Å². The van der Waals surface area contributed by atoms with Crippen LogP contribution in [0.4, 0.5) is 4.39 Å². The predicted molar refractivity (Wildman–Crippen MR) is 121 cm³/mol. The number of ketones is 1. The molecule has 6 nitrogen and oxygen atoms in total. The molecule has 0 bridgehead atoms. The van der Waals surface area contributed by atoms with Gasteiger partial charge in [-0.25, -0.2) is 14.4 Å². The summed E-state index contributed by atoms with van der Waals surface area (Å²) in [5, 5.41) is 0. The van der Waals surface area contributed by atoms with Crippen molar-refractivity contribution in [2.75, 3.05) is 0 Å². The first-order chi connectivity index (χ1) is 15.3. The third-order valence-electron chi connectivity index (χ3n) is 6.04. The van der Waals surface area contributed by atoms with E-state index < -0.39 is 5.82 Å². The number of nitrogens with one attached hydrogen (secondary N) is 1. The SMILES string of the molecule is CCCc1[nH]c2c(c1C(=O)C(C)C)CCc1cnc(Oc3ncc(CC)c(C)n3)c(F)c1-2. The minimum atomic E-state index is -0.558. The van der Waals surface area contributed by atoms with E-state index in [1.807, 2.05) is 27.7 Å². The number of aryl methyl sites for hydroxylation is 4. The number of rotatable bonds is 7. The third kappa shape index (κ3) is 3.80. The minimum Gasteiger partial charge on any atom is -0.402 e. The zero-order chi connectivity index (χ0) is 23.0. The monoisotopic (exact) mass is 436 g/mol. The third-order valence-corrected chi connectivity index (χ3v) is 6.04. The number of pyridine rings is 1. The second-order valence-electron chi connectivity index (χ2n) is 8.60. The van der Waals surface area contributed by atoms with Gasteiger partial charge in [0.15, 0.2) is 11.6 Å². The second-order valence-corrected chi connectivity index (χ2v) is 8.60. The van der Waals surface area contributed by atoms with E-state index in [2.05, 4.69) is 26.9 Å². The van der Waals surface area contributed by atoms with Gasteiger partial charge in [-0.3, -0.25) is 4.79 Å². The van der Waals surface area contributed by atoms with Crippen LogP contribution in [0.25, 0.3) is 11.3 Å². The number of carbonyl (C=O) groups excluding carboxylic acids is 1. The molecule has 0 unspecified atom stereocenters. The van der Waals surface area contributed by atoms with E-state index in [-0.39, 0.29) is 23.6 Å². The molecule has 168 valence electrons. The number of fused-ring (bicyclic) bond motifs is 3. The standard InChI is InChI=1S/C25H29FN4O2/c1-6-8-18-20(23(31)13(3)4)17-10-9-16-12-27-24(21(26)19(16)22(17)30-18)32-25-28-11-15(7-2)14(5)29-25/h11-13,30H,6-10H2,1-5H3. The van der Waals surface area contributed by atoms with Gasteiger partial charge in [0.05, 0.1) is 5.69 Å². The van der Waals surface area contributed by atoms with E-state index in [0.717, 1.165) is 52.9 Å². The number of aromatic amines is 1. The Bertz CT molecular complexity index is 1180.